The van der Waals surface area contributed by atoms with E-state index >= 15 is 0 Å². The molecule has 0 fully saturated rings. The molecule has 0 aliphatic rings. The van der Waals surface area contributed by atoms with Crippen molar-refractivity contribution in [3.05, 3.63) is 17.0 Å². The fourth-order valence-electron chi connectivity index (χ4n) is 1.48. The summed E-state index contributed by atoms with van der Waals surface area (Å²) in [4.78, 5) is 0. The van der Waals surface area contributed by atoms with E-state index in [9.17, 15) is 0 Å². The standard InChI is InChI=1S/C9H13N3.C2H6/c1-6(2)9-8(5-10)7(3)11-12(9)4;1-2/h6H,1-4H3;1-2H3. The first-order valence-electron chi connectivity index (χ1n) is 5.01. The molecule has 0 N–H and O–H groups in total. The van der Waals surface area contributed by atoms with Crippen LogP contribution in [0.25, 0.3) is 0 Å². The van der Waals surface area contributed by atoms with Gasteiger partial charge in [0.25, 0.3) is 0 Å². The lowest BCUT2D eigenvalue weighted by atomic mass is 10.1. The molecular weight excluding hydrogens is 174 g/mol. The number of aryl methyl sites for hydroxylation is 2. The zero-order valence-corrected chi connectivity index (χ0v) is 9.92. The van der Waals surface area contributed by atoms with E-state index in [0.29, 0.717) is 5.92 Å². The molecule has 0 saturated heterocycles. The van der Waals surface area contributed by atoms with Crippen LogP contribution in [0.15, 0.2) is 0 Å². The molecule has 14 heavy (non-hydrogen) atoms. The second kappa shape index (κ2) is 5.43. The zero-order valence-electron chi connectivity index (χ0n) is 9.92. The average Bonchev–Trinajstić information content (AvgIpc) is 2.43. The van der Waals surface area contributed by atoms with Gasteiger partial charge in [0, 0.05) is 7.05 Å². The molecule has 0 aliphatic heterocycles. The molecule has 3 heteroatoms. The van der Waals surface area contributed by atoms with Gasteiger partial charge in [0.1, 0.15) is 6.07 Å². The molecule has 1 heterocycles. The largest absolute Gasteiger partial charge is 0.271 e. The van der Waals surface area contributed by atoms with Gasteiger partial charge in [-0.15, -0.1) is 0 Å². The van der Waals surface area contributed by atoms with E-state index in [1.807, 2.05) is 27.8 Å². The Morgan fingerprint density at radius 2 is 1.86 bits per heavy atom. The van der Waals surface area contributed by atoms with Crippen LogP contribution >= 0.6 is 0 Å². The SMILES string of the molecule is CC.Cc1nn(C)c(C(C)C)c1C#N. The summed E-state index contributed by atoms with van der Waals surface area (Å²) < 4.78 is 1.79. The van der Waals surface area contributed by atoms with Crippen molar-refractivity contribution in [2.24, 2.45) is 7.05 Å². The first-order valence-corrected chi connectivity index (χ1v) is 5.01. The van der Waals surface area contributed by atoms with E-state index in [-0.39, 0.29) is 0 Å². The van der Waals surface area contributed by atoms with Gasteiger partial charge >= 0.3 is 0 Å². The minimum absolute atomic E-state index is 0.353. The van der Waals surface area contributed by atoms with Crippen molar-refractivity contribution in [1.82, 2.24) is 9.78 Å². The minimum atomic E-state index is 0.353. The highest BCUT2D eigenvalue weighted by molar-refractivity contribution is 5.38. The smallest absolute Gasteiger partial charge is 0.103 e. The van der Waals surface area contributed by atoms with E-state index < -0.39 is 0 Å². The summed E-state index contributed by atoms with van der Waals surface area (Å²) in [6.07, 6.45) is 0. The van der Waals surface area contributed by atoms with E-state index in [1.54, 1.807) is 4.68 Å². The highest BCUT2D eigenvalue weighted by atomic mass is 15.3. The highest BCUT2D eigenvalue weighted by Crippen LogP contribution is 2.20. The van der Waals surface area contributed by atoms with Gasteiger partial charge in [0.05, 0.1) is 17.0 Å². The Morgan fingerprint density at radius 1 is 1.36 bits per heavy atom. The molecule has 0 atom stereocenters. The van der Waals surface area contributed by atoms with Crippen LogP contribution in [0.3, 0.4) is 0 Å². The van der Waals surface area contributed by atoms with Crippen LogP contribution in [0, 0.1) is 18.3 Å². The quantitative estimate of drug-likeness (QED) is 0.688. The van der Waals surface area contributed by atoms with Gasteiger partial charge in [0.2, 0.25) is 0 Å². The van der Waals surface area contributed by atoms with Crippen molar-refractivity contribution in [2.45, 2.75) is 40.5 Å². The van der Waals surface area contributed by atoms with Crippen LogP contribution in [-0.4, -0.2) is 9.78 Å². The van der Waals surface area contributed by atoms with Gasteiger partial charge in [-0.05, 0) is 12.8 Å². The summed E-state index contributed by atoms with van der Waals surface area (Å²) in [5.41, 5.74) is 2.58. The van der Waals surface area contributed by atoms with Crippen molar-refractivity contribution in [1.29, 1.82) is 5.26 Å². The number of hydrogen-bond donors (Lipinski definition) is 0. The van der Waals surface area contributed by atoms with Gasteiger partial charge in [-0.2, -0.15) is 10.4 Å². The summed E-state index contributed by atoms with van der Waals surface area (Å²) in [5, 5.41) is 13.1. The third-order valence-corrected chi connectivity index (χ3v) is 1.93. The molecule has 0 unspecified atom stereocenters. The molecule has 3 nitrogen and oxygen atoms in total. The molecule has 0 saturated carbocycles. The highest BCUT2D eigenvalue weighted by Gasteiger charge is 2.14. The fourth-order valence-corrected chi connectivity index (χ4v) is 1.48. The molecule has 1 aromatic rings. The van der Waals surface area contributed by atoms with Crippen molar-refractivity contribution < 1.29 is 0 Å². The monoisotopic (exact) mass is 193 g/mol. The lowest BCUT2D eigenvalue weighted by Gasteiger charge is -2.04. The van der Waals surface area contributed by atoms with Gasteiger partial charge in [-0.25, -0.2) is 0 Å². The summed E-state index contributed by atoms with van der Waals surface area (Å²) in [6, 6.07) is 2.18. The van der Waals surface area contributed by atoms with E-state index in [2.05, 4.69) is 25.0 Å². The van der Waals surface area contributed by atoms with Crippen molar-refractivity contribution in [3.63, 3.8) is 0 Å². The molecule has 0 aliphatic carbocycles. The molecular formula is C11H19N3. The average molecular weight is 193 g/mol. The second-order valence-electron chi connectivity index (χ2n) is 3.24. The molecule has 0 amide bonds. The third kappa shape index (κ3) is 2.35. The van der Waals surface area contributed by atoms with Gasteiger partial charge in [-0.3, -0.25) is 4.68 Å². The van der Waals surface area contributed by atoms with Crippen LogP contribution in [0.2, 0.25) is 0 Å². The number of nitriles is 1. The molecule has 1 aromatic heterocycles. The van der Waals surface area contributed by atoms with Crippen molar-refractivity contribution in [3.8, 4) is 6.07 Å². The Bertz CT molecular complexity index is 329. The summed E-state index contributed by atoms with van der Waals surface area (Å²) in [5.74, 6) is 0.353. The van der Waals surface area contributed by atoms with E-state index in [4.69, 9.17) is 5.26 Å². The predicted molar refractivity (Wildman–Crippen MR) is 58.1 cm³/mol. The normalized spacial score (nSPS) is 9.29. The summed E-state index contributed by atoms with van der Waals surface area (Å²) in [6.45, 7) is 10.00. The second-order valence-corrected chi connectivity index (χ2v) is 3.24. The first kappa shape index (κ1) is 12.7. The van der Waals surface area contributed by atoms with Crippen LogP contribution in [0.5, 0.6) is 0 Å². The van der Waals surface area contributed by atoms with Crippen LogP contribution in [0.1, 0.15) is 50.6 Å². The Labute approximate surface area is 86.4 Å². The summed E-state index contributed by atoms with van der Waals surface area (Å²) in [7, 11) is 1.88. The van der Waals surface area contributed by atoms with Crippen LogP contribution in [-0.2, 0) is 7.05 Å². The maximum Gasteiger partial charge on any atom is 0.103 e. The number of aromatic nitrogens is 2. The topological polar surface area (TPSA) is 41.6 Å². The molecule has 0 radical (unpaired) electrons. The minimum Gasteiger partial charge on any atom is -0.271 e. The number of nitrogens with zero attached hydrogens (tertiary/aromatic N) is 3. The summed E-state index contributed by atoms with van der Waals surface area (Å²) >= 11 is 0. The van der Waals surface area contributed by atoms with Crippen LogP contribution in [0.4, 0.5) is 0 Å². The van der Waals surface area contributed by atoms with E-state index in [0.717, 1.165) is 17.0 Å². The van der Waals surface area contributed by atoms with E-state index in [1.165, 1.54) is 0 Å². The lowest BCUT2D eigenvalue weighted by Crippen LogP contribution is -2.01. The predicted octanol–water partition coefficient (Wildman–Crippen LogP) is 2.75. The van der Waals surface area contributed by atoms with Crippen molar-refractivity contribution in [2.75, 3.05) is 0 Å². The molecule has 0 spiro atoms. The number of rotatable bonds is 1. The fraction of sp³-hybridized carbons (Fsp3) is 0.636. The van der Waals surface area contributed by atoms with Crippen molar-refractivity contribution >= 4 is 0 Å². The Balaban J connectivity index is 0.000000791. The molecule has 0 bridgehead atoms. The number of hydrogen-bond acceptors (Lipinski definition) is 2. The maximum absolute atomic E-state index is 8.86. The molecule has 0 aromatic carbocycles. The molecule has 1 rings (SSSR count). The molecule has 78 valence electrons. The Hall–Kier alpha value is -1.30. The maximum atomic E-state index is 8.86. The third-order valence-electron chi connectivity index (χ3n) is 1.93. The van der Waals surface area contributed by atoms with Gasteiger partial charge in [0.15, 0.2) is 0 Å². The first-order chi connectivity index (χ1) is 6.57. The van der Waals surface area contributed by atoms with Gasteiger partial charge in [-0.1, -0.05) is 27.7 Å². The Morgan fingerprint density at radius 3 is 2.14 bits per heavy atom. The Kier molecular flexibility index (Phi) is 4.93. The van der Waals surface area contributed by atoms with Gasteiger partial charge < -0.3 is 0 Å². The van der Waals surface area contributed by atoms with Crippen LogP contribution < -0.4 is 0 Å². The zero-order chi connectivity index (χ0) is 11.3. The lowest BCUT2D eigenvalue weighted by molar-refractivity contribution is 0.664.